The number of ether oxygens (including phenoxy) is 1. The summed E-state index contributed by atoms with van der Waals surface area (Å²) in [4.78, 5) is 6.53. The predicted molar refractivity (Wildman–Crippen MR) is 96.6 cm³/mol. The number of fused-ring (bicyclic) bond motifs is 1. The SMILES string of the molecule is CC(C)OC1CN(c2cc(-c3ccccc3F)nc3ccnn23)CC1O. The third kappa shape index (κ3) is 3.04. The van der Waals surface area contributed by atoms with Crippen LogP contribution in [-0.4, -0.2) is 51.1 Å². The van der Waals surface area contributed by atoms with Gasteiger partial charge in [-0.25, -0.2) is 9.37 Å². The Morgan fingerprint density at radius 2 is 2.04 bits per heavy atom. The molecule has 0 radical (unpaired) electrons. The molecule has 0 aliphatic carbocycles. The Morgan fingerprint density at radius 3 is 2.81 bits per heavy atom. The van der Waals surface area contributed by atoms with Gasteiger partial charge in [-0.1, -0.05) is 12.1 Å². The molecular formula is C19H21FN4O2. The maximum atomic E-state index is 14.2. The molecule has 0 saturated carbocycles. The number of anilines is 1. The molecule has 7 heteroatoms. The zero-order valence-electron chi connectivity index (χ0n) is 14.7. The first kappa shape index (κ1) is 16.9. The lowest BCUT2D eigenvalue weighted by atomic mass is 10.1. The highest BCUT2D eigenvalue weighted by Gasteiger charge is 2.34. The summed E-state index contributed by atoms with van der Waals surface area (Å²) in [5.74, 6) is 0.435. The maximum Gasteiger partial charge on any atom is 0.157 e. The quantitative estimate of drug-likeness (QED) is 0.778. The van der Waals surface area contributed by atoms with E-state index in [0.29, 0.717) is 30.0 Å². The molecule has 3 heterocycles. The van der Waals surface area contributed by atoms with Gasteiger partial charge in [-0.2, -0.15) is 9.61 Å². The van der Waals surface area contributed by atoms with Crippen molar-refractivity contribution in [2.24, 2.45) is 0 Å². The van der Waals surface area contributed by atoms with E-state index >= 15 is 0 Å². The van der Waals surface area contributed by atoms with E-state index in [1.807, 2.05) is 24.8 Å². The summed E-state index contributed by atoms with van der Waals surface area (Å²) in [5.41, 5.74) is 1.60. The Labute approximate surface area is 150 Å². The van der Waals surface area contributed by atoms with Crippen molar-refractivity contribution in [3.63, 3.8) is 0 Å². The van der Waals surface area contributed by atoms with Crippen LogP contribution < -0.4 is 4.90 Å². The zero-order valence-corrected chi connectivity index (χ0v) is 14.7. The van der Waals surface area contributed by atoms with Crippen molar-refractivity contribution in [3.05, 3.63) is 48.4 Å². The molecule has 0 amide bonds. The lowest BCUT2D eigenvalue weighted by molar-refractivity contribution is -0.0386. The van der Waals surface area contributed by atoms with E-state index in [1.165, 1.54) is 6.07 Å². The molecule has 0 spiro atoms. The second-order valence-electron chi connectivity index (χ2n) is 6.78. The predicted octanol–water partition coefficient (Wildman–Crippen LogP) is 2.51. The Morgan fingerprint density at radius 1 is 1.23 bits per heavy atom. The summed E-state index contributed by atoms with van der Waals surface area (Å²) in [6.45, 7) is 4.86. The zero-order chi connectivity index (χ0) is 18.3. The topological polar surface area (TPSA) is 62.9 Å². The average molecular weight is 356 g/mol. The van der Waals surface area contributed by atoms with Gasteiger partial charge in [-0.05, 0) is 26.0 Å². The lowest BCUT2D eigenvalue weighted by Crippen LogP contribution is -2.29. The monoisotopic (exact) mass is 356 g/mol. The summed E-state index contributed by atoms with van der Waals surface area (Å²) in [5, 5.41) is 14.7. The second kappa shape index (κ2) is 6.66. The highest BCUT2D eigenvalue weighted by atomic mass is 19.1. The van der Waals surface area contributed by atoms with Crippen LogP contribution in [0.1, 0.15) is 13.8 Å². The molecule has 4 rings (SSSR count). The Bertz CT molecular complexity index is 927. The fourth-order valence-corrected chi connectivity index (χ4v) is 3.36. The molecule has 1 saturated heterocycles. The lowest BCUT2D eigenvalue weighted by Gasteiger charge is -2.20. The van der Waals surface area contributed by atoms with Crippen LogP contribution >= 0.6 is 0 Å². The van der Waals surface area contributed by atoms with Crippen molar-refractivity contribution >= 4 is 11.5 Å². The van der Waals surface area contributed by atoms with Crippen LogP contribution in [0, 0.1) is 5.82 Å². The van der Waals surface area contributed by atoms with Crippen molar-refractivity contribution < 1.29 is 14.2 Å². The van der Waals surface area contributed by atoms with E-state index in [4.69, 9.17) is 4.74 Å². The van der Waals surface area contributed by atoms with Gasteiger partial charge in [-0.15, -0.1) is 0 Å². The first-order valence-electron chi connectivity index (χ1n) is 8.71. The molecule has 6 nitrogen and oxygen atoms in total. The number of aliphatic hydroxyl groups excluding tert-OH is 1. The van der Waals surface area contributed by atoms with Gasteiger partial charge in [0, 0.05) is 30.8 Å². The number of β-amino-alcohol motifs (C(OH)–C–C–N with tert-alkyl or cyclic N) is 1. The summed E-state index contributed by atoms with van der Waals surface area (Å²) in [6, 6.07) is 10.2. The highest BCUT2D eigenvalue weighted by molar-refractivity contribution is 5.67. The Balaban J connectivity index is 1.76. The third-order valence-electron chi connectivity index (χ3n) is 4.50. The molecule has 2 atom stereocenters. The molecule has 1 fully saturated rings. The molecule has 2 unspecified atom stereocenters. The van der Waals surface area contributed by atoms with Crippen LogP contribution in [0.3, 0.4) is 0 Å². The van der Waals surface area contributed by atoms with E-state index < -0.39 is 6.10 Å². The summed E-state index contributed by atoms with van der Waals surface area (Å²) >= 11 is 0. The Kier molecular flexibility index (Phi) is 4.34. The van der Waals surface area contributed by atoms with Gasteiger partial charge < -0.3 is 14.7 Å². The van der Waals surface area contributed by atoms with Crippen LogP contribution in [0.4, 0.5) is 10.2 Å². The van der Waals surface area contributed by atoms with E-state index in [9.17, 15) is 9.50 Å². The number of aliphatic hydroxyl groups is 1. The van der Waals surface area contributed by atoms with Crippen molar-refractivity contribution in [3.8, 4) is 11.3 Å². The van der Waals surface area contributed by atoms with Crippen LogP contribution in [0.15, 0.2) is 42.6 Å². The first-order valence-corrected chi connectivity index (χ1v) is 8.71. The molecule has 136 valence electrons. The van der Waals surface area contributed by atoms with E-state index in [1.54, 1.807) is 35.0 Å². The molecule has 2 aromatic heterocycles. The molecule has 1 aromatic carbocycles. The first-order chi connectivity index (χ1) is 12.5. The van der Waals surface area contributed by atoms with Crippen LogP contribution in [0.5, 0.6) is 0 Å². The number of benzene rings is 1. The molecule has 1 aliphatic heterocycles. The Hall–Kier alpha value is -2.51. The van der Waals surface area contributed by atoms with Gasteiger partial charge in [0.05, 0.1) is 24.1 Å². The minimum absolute atomic E-state index is 0.0331. The standard InChI is InChI=1S/C19H21FN4O2/c1-12(2)26-17-11-23(10-16(17)25)19-9-15(13-5-3-4-6-14(13)20)22-18-7-8-21-24(18)19/h3-9,12,16-17,25H,10-11H2,1-2H3. The number of hydrogen-bond donors (Lipinski definition) is 1. The molecule has 1 N–H and O–H groups in total. The molecule has 0 bridgehead atoms. The van der Waals surface area contributed by atoms with Crippen LogP contribution in [0.25, 0.3) is 16.9 Å². The minimum Gasteiger partial charge on any atom is -0.388 e. The molecular weight excluding hydrogens is 335 g/mol. The number of rotatable bonds is 4. The molecule has 3 aromatic rings. The number of halogens is 1. The maximum absolute atomic E-state index is 14.2. The number of aromatic nitrogens is 3. The second-order valence-corrected chi connectivity index (χ2v) is 6.78. The van der Waals surface area contributed by atoms with E-state index in [0.717, 1.165) is 5.82 Å². The molecule has 1 aliphatic rings. The summed E-state index contributed by atoms with van der Waals surface area (Å²) in [7, 11) is 0. The fraction of sp³-hybridized carbons (Fsp3) is 0.368. The smallest absolute Gasteiger partial charge is 0.157 e. The van der Waals surface area contributed by atoms with Gasteiger partial charge in [0.15, 0.2) is 5.65 Å². The van der Waals surface area contributed by atoms with Gasteiger partial charge in [0.25, 0.3) is 0 Å². The molecule has 26 heavy (non-hydrogen) atoms. The van der Waals surface area contributed by atoms with Crippen LogP contribution in [-0.2, 0) is 4.74 Å². The normalized spacial score (nSPS) is 20.4. The highest BCUT2D eigenvalue weighted by Crippen LogP contribution is 2.29. The minimum atomic E-state index is -0.590. The van der Waals surface area contributed by atoms with Crippen molar-refractivity contribution in [1.29, 1.82) is 0 Å². The third-order valence-corrected chi connectivity index (χ3v) is 4.50. The van der Waals surface area contributed by atoms with Gasteiger partial charge in [-0.3, -0.25) is 0 Å². The summed E-state index contributed by atoms with van der Waals surface area (Å²) < 4.78 is 21.8. The summed E-state index contributed by atoms with van der Waals surface area (Å²) in [6.07, 6.45) is 0.829. The van der Waals surface area contributed by atoms with Crippen molar-refractivity contribution in [2.45, 2.75) is 32.2 Å². The van der Waals surface area contributed by atoms with Crippen molar-refractivity contribution in [2.75, 3.05) is 18.0 Å². The van der Waals surface area contributed by atoms with Gasteiger partial charge >= 0.3 is 0 Å². The number of hydrogen-bond acceptors (Lipinski definition) is 5. The van der Waals surface area contributed by atoms with Gasteiger partial charge in [0.1, 0.15) is 17.7 Å². The van der Waals surface area contributed by atoms with Crippen LogP contribution in [0.2, 0.25) is 0 Å². The van der Waals surface area contributed by atoms with E-state index in [-0.39, 0.29) is 18.0 Å². The van der Waals surface area contributed by atoms with Crippen molar-refractivity contribution in [1.82, 2.24) is 14.6 Å². The average Bonchev–Trinajstić information content (AvgIpc) is 3.21. The van der Waals surface area contributed by atoms with Gasteiger partial charge in [0.2, 0.25) is 0 Å². The van der Waals surface area contributed by atoms with E-state index in [2.05, 4.69) is 10.1 Å². The fourth-order valence-electron chi connectivity index (χ4n) is 3.36. The largest absolute Gasteiger partial charge is 0.388 e. The number of nitrogens with zero attached hydrogens (tertiary/aromatic N) is 4.